The van der Waals surface area contributed by atoms with Gasteiger partial charge in [0.25, 0.3) is 0 Å². The number of hydrogen-bond acceptors (Lipinski definition) is 10. The van der Waals surface area contributed by atoms with Crippen LogP contribution in [0.15, 0.2) is 53.4 Å². The minimum absolute atomic E-state index is 0.0532. The summed E-state index contributed by atoms with van der Waals surface area (Å²) in [4.78, 5) is 28.0. The number of benzene rings is 2. The van der Waals surface area contributed by atoms with Crippen LogP contribution in [0.2, 0.25) is 0 Å². The molecule has 0 spiro atoms. The fourth-order valence-corrected chi connectivity index (χ4v) is 11.1. The monoisotopic (exact) mass is 812 g/mol. The van der Waals surface area contributed by atoms with Gasteiger partial charge >= 0.3 is 12.1 Å². The van der Waals surface area contributed by atoms with Crippen LogP contribution in [0, 0.1) is 17.3 Å². The first-order valence-electron chi connectivity index (χ1n) is 19.5. The van der Waals surface area contributed by atoms with Crippen molar-refractivity contribution in [3.8, 4) is 5.75 Å². The zero-order valence-corrected chi connectivity index (χ0v) is 34.8. The second-order valence-corrected chi connectivity index (χ2v) is 19.8. The van der Waals surface area contributed by atoms with Gasteiger partial charge in [-0.05, 0) is 104 Å². The highest BCUT2D eigenvalue weighted by Gasteiger charge is 2.53. The highest BCUT2D eigenvalue weighted by atomic mass is 32.2. The second-order valence-electron chi connectivity index (χ2n) is 16.7. The van der Waals surface area contributed by atoms with Gasteiger partial charge in [0.2, 0.25) is 10.0 Å². The summed E-state index contributed by atoms with van der Waals surface area (Å²) in [5.74, 6) is -1.34. The Kier molecular flexibility index (Phi) is 12.9. The number of nitrogens with one attached hydrogen (secondary N) is 1. The summed E-state index contributed by atoms with van der Waals surface area (Å²) in [5, 5.41) is 24.8. The Hall–Kier alpha value is -3.53. The Balaban J connectivity index is 1.18. The number of aliphatic hydroxyl groups excluding tert-OH is 1. The van der Waals surface area contributed by atoms with Gasteiger partial charge in [-0.1, -0.05) is 52.0 Å². The maximum Gasteiger partial charge on any atom is 0.407 e. The molecule has 2 fully saturated rings. The number of amides is 1. The predicted octanol–water partition coefficient (Wildman–Crippen LogP) is 6.25. The first kappa shape index (κ1) is 42.1. The third-order valence-electron chi connectivity index (χ3n) is 11.3. The lowest BCUT2D eigenvalue weighted by atomic mass is 9.76. The van der Waals surface area contributed by atoms with Crippen molar-refractivity contribution in [2.24, 2.45) is 17.3 Å². The van der Waals surface area contributed by atoms with Gasteiger partial charge < -0.3 is 34.5 Å². The summed E-state index contributed by atoms with van der Waals surface area (Å²) in [5.41, 5.74) is 3.39. The molecule has 3 aromatic rings. The summed E-state index contributed by atoms with van der Waals surface area (Å²) < 4.78 is 51.7. The maximum atomic E-state index is 13.9. The molecule has 3 N–H and O–H groups in total. The maximum absolute atomic E-state index is 13.9. The Labute approximate surface area is 334 Å². The number of rotatable bonds is 16. The third-order valence-corrected chi connectivity index (χ3v) is 14.5. The Morgan fingerprint density at radius 2 is 1.71 bits per heavy atom. The van der Waals surface area contributed by atoms with Crippen molar-refractivity contribution in [1.29, 1.82) is 0 Å². The van der Waals surface area contributed by atoms with E-state index in [2.05, 4.69) is 19.2 Å². The van der Waals surface area contributed by atoms with Crippen LogP contribution in [-0.4, -0.2) is 92.4 Å². The lowest BCUT2D eigenvalue weighted by molar-refractivity contribution is -0.181. The van der Waals surface area contributed by atoms with Crippen LogP contribution in [0.5, 0.6) is 5.75 Å². The minimum Gasteiger partial charge on any atom is -0.497 e. The van der Waals surface area contributed by atoms with Gasteiger partial charge in [-0.2, -0.15) is 4.31 Å². The zero-order chi connectivity index (χ0) is 40.4. The van der Waals surface area contributed by atoms with E-state index in [0.29, 0.717) is 37.2 Å². The first-order chi connectivity index (χ1) is 26.5. The molecular weight excluding hydrogens is 757 g/mol. The van der Waals surface area contributed by atoms with Crippen molar-refractivity contribution >= 4 is 33.4 Å². The number of carboxylic acids is 1. The van der Waals surface area contributed by atoms with Gasteiger partial charge in [-0.15, -0.1) is 11.3 Å². The normalized spacial score (nSPS) is 22.7. The summed E-state index contributed by atoms with van der Waals surface area (Å²) in [6.45, 7) is 10.6. The number of carbonyl (C=O) groups is 2. The molecule has 5 atom stereocenters. The van der Waals surface area contributed by atoms with Crippen molar-refractivity contribution in [2.75, 3.05) is 33.4 Å². The summed E-state index contributed by atoms with van der Waals surface area (Å²) >= 11 is 1.63. The average molecular weight is 813 g/mol. The van der Waals surface area contributed by atoms with Crippen LogP contribution in [0.4, 0.5) is 4.79 Å². The van der Waals surface area contributed by atoms with Crippen LogP contribution in [0.1, 0.15) is 84.3 Å². The van der Waals surface area contributed by atoms with E-state index in [9.17, 15) is 28.2 Å². The number of sulfonamides is 1. The lowest BCUT2D eigenvalue weighted by Gasteiger charge is -2.31. The van der Waals surface area contributed by atoms with Gasteiger partial charge in [-0.3, -0.25) is 0 Å². The van der Waals surface area contributed by atoms with Gasteiger partial charge in [0, 0.05) is 22.8 Å². The van der Waals surface area contributed by atoms with E-state index in [1.54, 1.807) is 23.5 Å². The average Bonchev–Trinajstić information content (AvgIpc) is 3.80. The Morgan fingerprint density at radius 3 is 2.38 bits per heavy atom. The molecule has 12 nitrogen and oxygen atoms in total. The quantitative estimate of drug-likeness (QED) is 0.151. The molecule has 6 rings (SSSR count). The van der Waals surface area contributed by atoms with Gasteiger partial charge in [0.15, 0.2) is 5.79 Å². The molecule has 2 saturated heterocycles. The number of ether oxygens (including phenoxy) is 4. The number of nitrogens with zero attached hydrogens (tertiary/aromatic N) is 1. The molecule has 56 heavy (non-hydrogen) atoms. The second kappa shape index (κ2) is 17.1. The van der Waals surface area contributed by atoms with Crippen molar-refractivity contribution in [2.45, 2.75) is 108 Å². The molecule has 0 bridgehead atoms. The van der Waals surface area contributed by atoms with Gasteiger partial charge in [0.05, 0.1) is 48.8 Å². The SMILES string of the molecule is COc1ccc(S(=O)(=O)N(CC(C)C)C[C@@H](O)[C@H](Cc2ccc(CCc3sc4c(c3C(=O)O)CC(C)(C)CC4)cc2)NC(=O)O[C@H]2CO[C@@]3(C)OCC[C@@H]23)cc1. The van der Waals surface area contributed by atoms with E-state index < -0.39 is 46.1 Å². The fourth-order valence-electron chi connectivity index (χ4n) is 8.18. The van der Waals surface area contributed by atoms with E-state index in [1.165, 1.54) is 28.4 Å². The number of thiophene rings is 1. The number of carbonyl (C=O) groups excluding carboxylic acids is 1. The molecule has 1 aliphatic carbocycles. The number of fused-ring (bicyclic) bond motifs is 2. The fraction of sp³-hybridized carbons (Fsp3) is 0.571. The number of aromatic carboxylic acids is 1. The topological polar surface area (TPSA) is 161 Å². The molecule has 0 saturated carbocycles. The molecular formula is C42H56N2O10S2. The highest BCUT2D eigenvalue weighted by Crippen LogP contribution is 2.43. The highest BCUT2D eigenvalue weighted by molar-refractivity contribution is 7.89. The zero-order valence-electron chi connectivity index (χ0n) is 33.2. The van der Waals surface area contributed by atoms with E-state index in [0.717, 1.165) is 40.8 Å². The molecule has 1 amide bonds. The molecule has 306 valence electrons. The number of hydrogen-bond donors (Lipinski definition) is 3. The van der Waals surface area contributed by atoms with Crippen LogP contribution in [0.25, 0.3) is 0 Å². The lowest BCUT2D eigenvalue weighted by Crippen LogP contribution is -2.51. The molecule has 3 aliphatic rings. The molecule has 2 aliphatic heterocycles. The van der Waals surface area contributed by atoms with Crippen LogP contribution in [-0.2, 0) is 56.3 Å². The number of methoxy groups -OCH3 is 1. The number of aliphatic hydroxyl groups is 1. The molecule has 3 heterocycles. The molecule has 14 heteroatoms. The van der Waals surface area contributed by atoms with E-state index >= 15 is 0 Å². The van der Waals surface area contributed by atoms with Crippen LogP contribution >= 0.6 is 11.3 Å². The van der Waals surface area contributed by atoms with Crippen molar-refractivity contribution in [3.63, 3.8) is 0 Å². The van der Waals surface area contributed by atoms with Crippen molar-refractivity contribution in [1.82, 2.24) is 9.62 Å². The largest absolute Gasteiger partial charge is 0.497 e. The third kappa shape index (κ3) is 9.59. The van der Waals surface area contributed by atoms with Crippen molar-refractivity contribution < 1.29 is 47.2 Å². The molecule has 0 unspecified atom stereocenters. The predicted molar refractivity (Wildman–Crippen MR) is 213 cm³/mol. The van der Waals surface area contributed by atoms with Crippen LogP contribution in [0.3, 0.4) is 0 Å². The van der Waals surface area contributed by atoms with Gasteiger partial charge in [-0.25, -0.2) is 18.0 Å². The van der Waals surface area contributed by atoms with E-state index in [1.807, 2.05) is 45.0 Å². The van der Waals surface area contributed by atoms with Crippen molar-refractivity contribution in [3.05, 3.63) is 80.5 Å². The van der Waals surface area contributed by atoms with Gasteiger partial charge in [0.1, 0.15) is 11.9 Å². The Morgan fingerprint density at radius 1 is 1.02 bits per heavy atom. The summed E-state index contributed by atoms with van der Waals surface area (Å²) in [6, 6.07) is 13.0. The number of aryl methyl sites for hydroxylation is 3. The first-order valence-corrected chi connectivity index (χ1v) is 21.8. The minimum atomic E-state index is -4.03. The molecule has 1 aromatic heterocycles. The number of carboxylic acid groups (broad SMARTS) is 1. The van der Waals surface area contributed by atoms with E-state index in [4.69, 9.17) is 18.9 Å². The molecule has 2 aromatic carbocycles. The summed E-state index contributed by atoms with van der Waals surface area (Å²) in [7, 11) is -2.53. The smallest absolute Gasteiger partial charge is 0.407 e. The Bertz CT molecular complexity index is 1960. The molecule has 0 radical (unpaired) electrons. The summed E-state index contributed by atoms with van der Waals surface area (Å²) in [6.07, 6.45) is 2.28. The number of alkyl carbamates (subject to hydrolysis) is 1. The standard InChI is InChI=1S/C42H56N2O10S2/c1-26(2)23-44(56(49,50)30-14-12-29(51-6)13-15-30)24-34(45)33(43-40(48)54-35-25-53-42(5)32(35)18-20-52-42)21-28-9-7-27(8-10-28)11-16-37-38(39(46)47)31-22-41(3,4)19-17-36(31)55-37/h7-10,12-15,26,32-35,45H,11,16-25H2,1-6H3,(H,43,48)(H,46,47)/t32-,33-,34+,35-,42+/m0/s1. The van der Waals surface area contributed by atoms with Crippen LogP contribution < -0.4 is 10.1 Å². The van der Waals surface area contributed by atoms with E-state index in [-0.39, 0.29) is 48.3 Å².